The molecule has 2 aromatic carbocycles. The zero-order chi connectivity index (χ0) is 21.3. The predicted octanol–water partition coefficient (Wildman–Crippen LogP) is 2.94. The van der Waals surface area contributed by atoms with Gasteiger partial charge in [-0.1, -0.05) is 47.6 Å². The van der Waals surface area contributed by atoms with Crippen LogP contribution in [0.2, 0.25) is 0 Å². The standard InChI is InChI=1S/C22H21N5O3S/c28-31(29,16-18-10-15-30-25-18)27-13-11-26(12-14-27)22-19-8-4-5-9-20(19)23-21(24-22)17-6-2-1-3-7-17/h1-10,15H,11-14,16H2. The zero-order valence-corrected chi connectivity index (χ0v) is 17.6. The Morgan fingerprint density at radius 3 is 2.35 bits per heavy atom. The number of hydrogen-bond acceptors (Lipinski definition) is 7. The lowest BCUT2D eigenvalue weighted by Crippen LogP contribution is -2.49. The van der Waals surface area contributed by atoms with Gasteiger partial charge in [0.2, 0.25) is 10.0 Å². The highest BCUT2D eigenvalue weighted by Gasteiger charge is 2.29. The molecule has 1 aliphatic heterocycles. The van der Waals surface area contributed by atoms with Crippen LogP contribution in [0.25, 0.3) is 22.3 Å². The van der Waals surface area contributed by atoms with Gasteiger partial charge in [-0.25, -0.2) is 18.4 Å². The van der Waals surface area contributed by atoms with Crippen molar-refractivity contribution in [1.82, 2.24) is 19.4 Å². The SMILES string of the molecule is O=S(=O)(Cc1ccon1)N1CCN(c2nc(-c3ccccc3)nc3ccccc23)CC1. The van der Waals surface area contributed by atoms with Crippen LogP contribution in [0.5, 0.6) is 0 Å². The monoisotopic (exact) mass is 435 g/mol. The topological polar surface area (TPSA) is 92.4 Å². The lowest BCUT2D eigenvalue weighted by Gasteiger charge is -2.35. The molecule has 0 saturated carbocycles. The number of rotatable bonds is 5. The maximum absolute atomic E-state index is 12.7. The van der Waals surface area contributed by atoms with E-state index in [0.29, 0.717) is 37.7 Å². The van der Waals surface area contributed by atoms with Crippen molar-refractivity contribution in [2.45, 2.75) is 5.75 Å². The van der Waals surface area contributed by atoms with Crippen LogP contribution in [0.1, 0.15) is 5.69 Å². The number of anilines is 1. The first-order valence-electron chi connectivity index (χ1n) is 10.0. The summed E-state index contributed by atoms with van der Waals surface area (Å²) >= 11 is 0. The van der Waals surface area contributed by atoms with Crippen LogP contribution < -0.4 is 4.90 Å². The molecule has 0 N–H and O–H groups in total. The van der Waals surface area contributed by atoms with Crippen molar-refractivity contribution in [3.8, 4) is 11.4 Å². The Hall–Kier alpha value is -3.30. The number of hydrogen-bond donors (Lipinski definition) is 0. The first kappa shape index (κ1) is 19.7. The molecule has 0 aliphatic carbocycles. The van der Waals surface area contributed by atoms with Crippen molar-refractivity contribution >= 4 is 26.7 Å². The van der Waals surface area contributed by atoms with Gasteiger partial charge >= 0.3 is 0 Å². The van der Waals surface area contributed by atoms with Crippen LogP contribution in [0, 0.1) is 0 Å². The minimum atomic E-state index is -3.45. The van der Waals surface area contributed by atoms with Crippen molar-refractivity contribution in [1.29, 1.82) is 0 Å². The van der Waals surface area contributed by atoms with Gasteiger partial charge in [0.05, 0.1) is 11.2 Å². The molecular weight excluding hydrogens is 414 g/mol. The summed E-state index contributed by atoms with van der Waals surface area (Å²) in [4.78, 5) is 11.7. The maximum atomic E-state index is 12.7. The Morgan fingerprint density at radius 2 is 1.61 bits per heavy atom. The number of fused-ring (bicyclic) bond motifs is 1. The average Bonchev–Trinajstić information content (AvgIpc) is 3.31. The Bertz CT molecular complexity index is 1290. The van der Waals surface area contributed by atoms with E-state index >= 15 is 0 Å². The third kappa shape index (κ3) is 4.01. The summed E-state index contributed by atoms with van der Waals surface area (Å²) in [6, 6.07) is 19.4. The van der Waals surface area contributed by atoms with Gasteiger partial charge in [0, 0.05) is 43.2 Å². The Labute approximate surface area is 180 Å². The quantitative estimate of drug-likeness (QED) is 0.476. The summed E-state index contributed by atoms with van der Waals surface area (Å²) in [5.41, 5.74) is 2.23. The summed E-state index contributed by atoms with van der Waals surface area (Å²) in [5.74, 6) is 1.34. The van der Waals surface area contributed by atoms with Crippen molar-refractivity contribution in [2.75, 3.05) is 31.1 Å². The lowest BCUT2D eigenvalue weighted by atomic mass is 10.1. The van der Waals surface area contributed by atoms with Gasteiger partial charge in [-0.05, 0) is 12.1 Å². The first-order valence-corrected chi connectivity index (χ1v) is 11.7. The highest BCUT2D eigenvalue weighted by molar-refractivity contribution is 7.88. The van der Waals surface area contributed by atoms with Crippen molar-refractivity contribution in [3.05, 3.63) is 72.6 Å². The fraction of sp³-hybridized carbons (Fsp3) is 0.227. The third-order valence-electron chi connectivity index (χ3n) is 5.37. The van der Waals surface area contributed by atoms with Gasteiger partial charge in [-0.3, -0.25) is 0 Å². The fourth-order valence-corrected chi connectivity index (χ4v) is 5.21. The summed E-state index contributed by atoms with van der Waals surface area (Å²) in [5, 5.41) is 4.68. The molecule has 5 rings (SSSR count). The summed E-state index contributed by atoms with van der Waals surface area (Å²) in [6.45, 7) is 1.87. The van der Waals surface area contributed by atoms with Gasteiger partial charge < -0.3 is 9.42 Å². The molecule has 0 bridgehead atoms. The molecular formula is C22H21N5O3S. The zero-order valence-electron chi connectivity index (χ0n) is 16.8. The van der Waals surface area contributed by atoms with Crippen LogP contribution in [-0.4, -0.2) is 54.0 Å². The van der Waals surface area contributed by atoms with E-state index < -0.39 is 10.0 Å². The molecule has 0 radical (unpaired) electrons. The van der Waals surface area contributed by atoms with Gasteiger partial charge in [0.25, 0.3) is 0 Å². The van der Waals surface area contributed by atoms with Crippen LogP contribution in [0.4, 0.5) is 5.82 Å². The molecule has 0 atom stereocenters. The van der Waals surface area contributed by atoms with Crippen molar-refractivity contribution in [2.24, 2.45) is 0 Å². The van der Waals surface area contributed by atoms with E-state index in [-0.39, 0.29) is 5.75 Å². The Morgan fingerprint density at radius 1 is 0.871 bits per heavy atom. The molecule has 8 nitrogen and oxygen atoms in total. The van der Waals surface area contributed by atoms with Crippen LogP contribution >= 0.6 is 0 Å². The van der Waals surface area contributed by atoms with Crippen molar-refractivity contribution in [3.63, 3.8) is 0 Å². The van der Waals surface area contributed by atoms with Crippen LogP contribution in [-0.2, 0) is 15.8 Å². The van der Waals surface area contributed by atoms with E-state index in [1.165, 1.54) is 10.6 Å². The number of para-hydroxylation sites is 1. The smallest absolute Gasteiger partial charge is 0.220 e. The van der Waals surface area contributed by atoms with Gasteiger partial charge in [-0.15, -0.1) is 0 Å². The molecule has 0 amide bonds. The summed E-state index contributed by atoms with van der Waals surface area (Å²) < 4.78 is 31.8. The average molecular weight is 436 g/mol. The predicted molar refractivity (Wildman–Crippen MR) is 118 cm³/mol. The molecule has 0 spiro atoms. The van der Waals surface area contributed by atoms with Gasteiger partial charge in [0.15, 0.2) is 5.82 Å². The molecule has 1 aliphatic rings. The molecule has 1 saturated heterocycles. The highest BCUT2D eigenvalue weighted by Crippen LogP contribution is 2.28. The van der Waals surface area contributed by atoms with E-state index in [9.17, 15) is 8.42 Å². The number of piperazine rings is 1. The van der Waals surface area contributed by atoms with Crippen LogP contribution in [0.3, 0.4) is 0 Å². The fourth-order valence-electron chi connectivity index (χ4n) is 3.79. The molecule has 158 valence electrons. The van der Waals surface area contributed by atoms with Crippen LogP contribution in [0.15, 0.2) is 71.4 Å². The molecule has 2 aromatic heterocycles. The minimum absolute atomic E-state index is 0.155. The number of nitrogens with zero attached hydrogens (tertiary/aromatic N) is 5. The number of aromatic nitrogens is 3. The lowest BCUT2D eigenvalue weighted by molar-refractivity contribution is 0.381. The maximum Gasteiger partial charge on any atom is 0.220 e. The highest BCUT2D eigenvalue weighted by atomic mass is 32.2. The summed E-state index contributed by atoms with van der Waals surface area (Å²) in [6.07, 6.45) is 1.38. The second-order valence-electron chi connectivity index (χ2n) is 7.39. The van der Waals surface area contributed by atoms with E-state index in [2.05, 4.69) is 10.1 Å². The summed E-state index contributed by atoms with van der Waals surface area (Å²) in [7, 11) is -3.45. The largest absolute Gasteiger partial charge is 0.364 e. The van der Waals surface area contributed by atoms with E-state index in [1.807, 2.05) is 54.6 Å². The number of sulfonamides is 1. The molecule has 31 heavy (non-hydrogen) atoms. The van der Waals surface area contributed by atoms with E-state index in [0.717, 1.165) is 22.3 Å². The van der Waals surface area contributed by atoms with Gasteiger partial charge in [-0.2, -0.15) is 4.31 Å². The molecule has 9 heteroatoms. The molecule has 1 fully saturated rings. The van der Waals surface area contributed by atoms with E-state index in [1.54, 1.807) is 6.07 Å². The first-order chi connectivity index (χ1) is 15.1. The van der Waals surface area contributed by atoms with Gasteiger partial charge in [0.1, 0.15) is 17.8 Å². The Kier molecular flexibility index (Phi) is 5.13. The Balaban J connectivity index is 1.42. The second-order valence-corrected chi connectivity index (χ2v) is 9.36. The molecule has 4 aromatic rings. The minimum Gasteiger partial charge on any atom is -0.364 e. The third-order valence-corrected chi connectivity index (χ3v) is 7.18. The van der Waals surface area contributed by atoms with Crippen molar-refractivity contribution < 1.29 is 12.9 Å². The second kappa shape index (κ2) is 8.09. The van der Waals surface area contributed by atoms with E-state index in [4.69, 9.17) is 14.5 Å². The molecule has 0 unspecified atom stereocenters. The molecule has 3 heterocycles. The normalized spacial score (nSPS) is 15.4. The number of benzene rings is 2.